The van der Waals surface area contributed by atoms with Crippen LogP contribution in [0, 0.1) is 17.6 Å². The smallest absolute Gasteiger partial charge is 0.197 e. The largest absolute Gasteiger partial charge is 0.491 e. The van der Waals surface area contributed by atoms with Gasteiger partial charge in [-0.15, -0.1) is 11.8 Å². The Kier molecular flexibility index (Phi) is 6.00. The van der Waals surface area contributed by atoms with E-state index >= 15 is 4.39 Å². The van der Waals surface area contributed by atoms with E-state index in [4.69, 9.17) is 4.74 Å². The summed E-state index contributed by atoms with van der Waals surface area (Å²) in [6.45, 7) is 1.79. The van der Waals surface area contributed by atoms with E-state index in [0.717, 1.165) is 18.9 Å². The van der Waals surface area contributed by atoms with Gasteiger partial charge in [-0.1, -0.05) is 25.0 Å². The van der Waals surface area contributed by atoms with Crippen molar-refractivity contribution in [2.24, 2.45) is 5.92 Å². The molecule has 1 saturated carbocycles. The summed E-state index contributed by atoms with van der Waals surface area (Å²) in [4.78, 5) is 0.141. The van der Waals surface area contributed by atoms with Crippen LogP contribution >= 0.6 is 11.8 Å². The number of allylic oxidation sites excluding steroid dienone is 3. The highest BCUT2D eigenvalue weighted by atomic mass is 32.2. The molecule has 1 aromatic rings. The number of thioether (sulfide) groups is 1. The molecule has 2 aliphatic carbocycles. The first kappa shape index (κ1) is 19.3. The highest BCUT2D eigenvalue weighted by molar-refractivity contribution is 7.99. The fourth-order valence-electron chi connectivity index (χ4n) is 3.52. The molecule has 0 amide bonds. The second kappa shape index (κ2) is 8.07. The predicted octanol–water partition coefficient (Wildman–Crippen LogP) is 6.59. The van der Waals surface area contributed by atoms with E-state index in [1.807, 2.05) is 0 Å². The zero-order valence-electron chi connectivity index (χ0n) is 14.7. The highest BCUT2D eigenvalue weighted by Gasteiger charge is 2.44. The first-order valence-electron chi connectivity index (χ1n) is 8.97. The van der Waals surface area contributed by atoms with Crippen LogP contribution in [0.15, 0.2) is 40.8 Å². The summed E-state index contributed by atoms with van der Waals surface area (Å²) in [5.74, 6) is -2.71. The third-order valence-corrected chi connectivity index (χ3v) is 6.22. The van der Waals surface area contributed by atoms with Gasteiger partial charge >= 0.3 is 0 Å². The Morgan fingerprint density at radius 2 is 1.88 bits per heavy atom. The minimum absolute atomic E-state index is 0.141. The van der Waals surface area contributed by atoms with Crippen molar-refractivity contribution in [2.45, 2.75) is 49.6 Å². The number of benzene rings is 1. The fraction of sp³-hybridized carbons (Fsp3) is 0.500. The maximum atomic E-state index is 15.3. The van der Waals surface area contributed by atoms with Crippen LogP contribution in [0.3, 0.4) is 0 Å². The zero-order valence-corrected chi connectivity index (χ0v) is 15.5. The molecule has 0 bridgehead atoms. The monoisotopic (exact) mass is 386 g/mol. The van der Waals surface area contributed by atoms with E-state index in [2.05, 4.69) is 0 Å². The molecule has 0 aliphatic heterocycles. The maximum absolute atomic E-state index is 15.3. The summed E-state index contributed by atoms with van der Waals surface area (Å²) in [5, 5.41) is 0. The summed E-state index contributed by atoms with van der Waals surface area (Å²) >= 11 is 1.24. The highest BCUT2D eigenvalue weighted by Crippen LogP contribution is 2.45. The Bertz CT molecular complexity index is 725. The molecule has 1 fully saturated rings. The normalized spacial score (nSPS) is 23.7. The summed E-state index contributed by atoms with van der Waals surface area (Å²) in [7, 11) is 0. The molecule has 3 rings (SSSR count). The number of hydrogen-bond acceptors (Lipinski definition) is 2. The minimum Gasteiger partial charge on any atom is -0.491 e. The lowest BCUT2D eigenvalue weighted by atomic mass is 9.87. The van der Waals surface area contributed by atoms with Gasteiger partial charge in [0.1, 0.15) is 0 Å². The fourth-order valence-corrected chi connectivity index (χ4v) is 4.64. The Balaban J connectivity index is 1.86. The van der Waals surface area contributed by atoms with Crippen molar-refractivity contribution in [3.63, 3.8) is 0 Å². The standard InChI is InChI=1S/C20H22F4OS/c1-2-25-15-8-5-11-20(24,19(15)23)14-9-10-16(18(22)17(14)21)26-12-13-6-3-4-7-13/h5,8-10,13H,2-4,6-7,11-12H2,1H3. The molecule has 2 aliphatic rings. The number of ether oxygens (including phenoxy) is 1. The van der Waals surface area contributed by atoms with Crippen LogP contribution < -0.4 is 0 Å². The molecule has 0 saturated heterocycles. The van der Waals surface area contributed by atoms with Gasteiger partial charge < -0.3 is 4.74 Å². The number of halogens is 4. The zero-order chi connectivity index (χ0) is 18.7. The molecular formula is C20H22F4OS. The molecule has 0 N–H and O–H groups in total. The summed E-state index contributed by atoms with van der Waals surface area (Å²) < 4.78 is 64.0. The molecule has 0 heterocycles. The third kappa shape index (κ3) is 3.66. The lowest BCUT2D eigenvalue weighted by Crippen LogP contribution is -2.26. The lowest BCUT2D eigenvalue weighted by Gasteiger charge is -2.27. The lowest BCUT2D eigenvalue weighted by molar-refractivity contribution is 0.138. The number of hydrogen-bond donors (Lipinski definition) is 0. The van der Waals surface area contributed by atoms with E-state index in [1.165, 1.54) is 42.8 Å². The molecule has 1 aromatic carbocycles. The van der Waals surface area contributed by atoms with Gasteiger partial charge in [0.15, 0.2) is 28.9 Å². The Labute approximate surface area is 155 Å². The van der Waals surface area contributed by atoms with Gasteiger partial charge in [-0.3, -0.25) is 0 Å². The molecule has 0 spiro atoms. The van der Waals surface area contributed by atoms with Crippen molar-refractivity contribution in [1.29, 1.82) is 0 Å². The molecule has 0 aromatic heterocycles. The third-order valence-electron chi connectivity index (χ3n) is 4.96. The van der Waals surface area contributed by atoms with Gasteiger partial charge in [-0.05, 0) is 37.8 Å². The van der Waals surface area contributed by atoms with E-state index in [1.54, 1.807) is 6.92 Å². The van der Waals surface area contributed by atoms with Crippen LogP contribution in [0.2, 0.25) is 0 Å². The van der Waals surface area contributed by atoms with Crippen LogP contribution in [0.25, 0.3) is 0 Å². The van der Waals surface area contributed by atoms with Crippen molar-refractivity contribution in [3.8, 4) is 0 Å². The van der Waals surface area contributed by atoms with Gasteiger partial charge in [-0.2, -0.15) is 0 Å². The molecular weight excluding hydrogens is 364 g/mol. The van der Waals surface area contributed by atoms with E-state index in [0.29, 0.717) is 11.7 Å². The maximum Gasteiger partial charge on any atom is 0.197 e. The Hall–Kier alpha value is -1.43. The molecule has 0 radical (unpaired) electrons. The van der Waals surface area contributed by atoms with Crippen molar-refractivity contribution in [1.82, 2.24) is 0 Å². The second-order valence-electron chi connectivity index (χ2n) is 6.72. The van der Waals surface area contributed by atoms with Gasteiger partial charge in [0.05, 0.1) is 6.61 Å². The Morgan fingerprint density at radius 1 is 1.15 bits per heavy atom. The molecule has 142 valence electrons. The van der Waals surface area contributed by atoms with E-state index in [9.17, 15) is 13.2 Å². The van der Waals surface area contributed by atoms with Crippen LogP contribution in [-0.4, -0.2) is 12.4 Å². The van der Waals surface area contributed by atoms with E-state index < -0.39 is 35.1 Å². The van der Waals surface area contributed by atoms with Crippen LogP contribution in [0.1, 0.15) is 44.6 Å². The van der Waals surface area contributed by atoms with Crippen molar-refractivity contribution < 1.29 is 22.3 Å². The van der Waals surface area contributed by atoms with Crippen molar-refractivity contribution >= 4 is 11.8 Å². The Morgan fingerprint density at radius 3 is 2.58 bits per heavy atom. The van der Waals surface area contributed by atoms with Crippen molar-refractivity contribution in [3.05, 3.63) is 53.1 Å². The summed E-state index contributed by atoms with van der Waals surface area (Å²) in [6.07, 6.45) is 6.83. The summed E-state index contributed by atoms with van der Waals surface area (Å²) in [6, 6.07) is 2.50. The average Bonchev–Trinajstić information content (AvgIpc) is 3.14. The first-order chi connectivity index (χ1) is 12.5. The van der Waals surface area contributed by atoms with Gasteiger partial charge in [0, 0.05) is 22.6 Å². The van der Waals surface area contributed by atoms with Gasteiger partial charge in [-0.25, -0.2) is 17.6 Å². The number of alkyl halides is 1. The van der Waals surface area contributed by atoms with E-state index in [-0.39, 0.29) is 17.3 Å². The predicted molar refractivity (Wildman–Crippen MR) is 95.3 cm³/mol. The quantitative estimate of drug-likeness (QED) is 0.403. The van der Waals surface area contributed by atoms with Crippen LogP contribution in [-0.2, 0) is 10.4 Å². The van der Waals surface area contributed by atoms with Crippen molar-refractivity contribution in [2.75, 3.05) is 12.4 Å². The van der Waals surface area contributed by atoms with Crippen LogP contribution in [0.4, 0.5) is 17.6 Å². The first-order valence-corrected chi connectivity index (χ1v) is 9.95. The van der Waals surface area contributed by atoms with Gasteiger partial charge in [0.25, 0.3) is 0 Å². The van der Waals surface area contributed by atoms with Crippen LogP contribution in [0.5, 0.6) is 0 Å². The summed E-state index contributed by atoms with van der Waals surface area (Å²) in [5.41, 5.74) is -3.38. The second-order valence-corrected chi connectivity index (χ2v) is 7.78. The molecule has 26 heavy (non-hydrogen) atoms. The average molecular weight is 386 g/mol. The molecule has 1 atom stereocenters. The van der Waals surface area contributed by atoms with Gasteiger partial charge in [0.2, 0.25) is 0 Å². The topological polar surface area (TPSA) is 9.23 Å². The molecule has 1 unspecified atom stereocenters. The molecule has 6 heteroatoms. The molecule has 1 nitrogen and oxygen atoms in total. The number of rotatable bonds is 6. The minimum atomic E-state index is -2.75. The SMILES string of the molecule is CCOC1=C(F)C(F)(c2ccc(SCC3CCCC3)c(F)c2F)CC=C1.